The van der Waals surface area contributed by atoms with E-state index in [-0.39, 0.29) is 5.75 Å². The second-order valence-corrected chi connectivity index (χ2v) is 3.84. The summed E-state index contributed by atoms with van der Waals surface area (Å²) >= 11 is 0. The summed E-state index contributed by atoms with van der Waals surface area (Å²) in [6.07, 6.45) is 0. The summed E-state index contributed by atoms with van der Waals surface area (Å²) in [6, 6.07) is 4.66. The topological polar surface area (TPSA) is 58.6 Å². The molecule has 0 radical (unpaired) electrons. The van der Waals surface area contributed by atoms with E-state index >= 15 is 0 Å². The van der Waals surface area contributed by atoms with Gasteiger partial charge in [-0.05, 0) is 17.7 Å². The number of hydrogen-bond acceptors (Lipinski definition) is 3. The molecule has 17 heavy (non-hydrogen) atoms. The fourth-order valence-electron chi connectivity index (χ4n) is 1.34. The minimum atomic E-state index is -0.849. The summed E-state index contributed by atoms with van der Waals surface area (Å²) in [5, 5.41) is 11.6. The molecule has 4 nitrogen and oxygen atoms in total. The molecule has 0 heterocycles. The minimum absolute atomic E-state index is 0.202. The first kappa shape index (κ1) is 13.4. The second-order valence-electron chi connectivity index (χ2n) is 3.84. The highest BCUT2D eigenvalue weighted by atomic mass is 19.1. The molecule has 2 N–H and O–H groups in total. The number of rotatable bonds is 6. The van der Waals surface area contributed by atoms with E-state index in [1.807, 2.05) is 0 Å². The maximum Gasteiger partial charge on any atom is 0.307 e. The minimum Gasteiger partial charge on any atom is -0.494 e. The Bertz CT molecular complexity index is 395. The van der Waals surface area contributed by atoms with Crippen molar-refractivity contribution in [3.8, 4) is 5.75 Å². The van der Waals surface area contributed by atoms with Crippen LogP contribution in [0.15, 0.2) is 18.2 Å². The average molecular weight is 241 g/mol. The maximum atomic E-state index is 13.3. The van der Waals surface area contributed by atoms with Crippen molar-refractivity contribution >= 4 is 5.97 Å². The third-order valence-electron chi connectivity index (χ3n) is 2.42. The molecular weight excluding hydrogens is 225 g/mol. The largest absolute Gasteiger partial charge is 0.494 e. The summed E-state index contributed by atoms with van der Waals surface area (Å²) in [5.41, 5.74) is 0.751. The highest BCUT2D eigenvalue weighted by Gasteiger charge is 2.10. The highest BCUT2D eigenvalue weighted by molar-refractivity contribution is 5.69. The van der Waals surface area contributed by atoms with E-state index < -0.39 is 17.7 Å². The Kier molecular flexibility index (Phi) is 4.90. The molecule has 0 fully saturated rings. The number of carboxylic acids is 1. The first-order valence-corrected chi connectivity index (χ1v) is 5.30. The average Bonchev–Trinajstić information content (AvgIpc) is 2.29. The van der Waals surface area contributed by atoms with Crippen LogP contribution in [0.4, 0.5) is 4.39 Å². The standard InChI is InChI=1S/C12H16FNO3/c1-8(12(15)16)6-14-7-9-3-4-11(17-2)10(13)5-9/h3-5,8,14H,6-7H2,1-2H3,(H,15,16). The van der Waals surface area contributed by atoms with E-state index in [4.69, 9.17) is 9.84 Å². The van der Waals surface area contributed by atoms with Gasteiger partial charge in [-0.2, -0.15) is 0 Å². The van der Waals surface area contributed by atoms with Crippen molar-refractivity contribution in [2.75, 3.05) is 13.7 Å². The first-order chi connectivity index (χ1) is 8.04. The van der Waals surface area contributed by atoms with E-state index in [1.165, 1.54) is 13.2 Å². The Balaban J connectivity index is 2.47. The molecule has 0 aliphatic carbocycles. The van der Waals surface area contributed by atoms with E-state index in [0.717, 1.165) is 5.56 Å². The summed E-state index contributed by atoms with van der Waals surface area (Å²) in [7, 11) is 1.41. The second kappa shape index (κ2) is 6.20. The number of ether oxygens (including phenoxy) is 1. The predicted molar refractivity (Wildman–Crippen MR) is 61.5 cm³/mol. The van der Waals surface area contributed by atoms with Gasteiger partial charge in [0.25, 0.3) is 0 Å². The SMILES string of the molecule is COc1ccc(CNCC(C)C(=O)O)cc1F. The van der Waals surface area contributed by atoms with Gasteiger partial charge in [-0.15, -0.1) is 0 Å². The van der Waals surface area contributed by atoms with Gasteiger partial charge in [0.1, 0.15) is 0 Å². The van der Waals surface area contributed by atoms with Gasteiger partial charge in [-0.1, -0.05) is 13.0 Å². The molecule has 0 aliphatic heterocycles. The molecule has 0 spiro atoms. The first-order valence-electron chi connectivity index (χ1n) is 5.30. The molecule has 1 atom stereocenters. The summed E-state index contributed by atoms with van der Waals surface area (Å²) in [4.78, 5) is 10.6. The normalized spacial score (nSPS) is 12.2. The smallest absolute Gasteiger partial charge is 0.307 e. The molecule has 94 valence electrons. The van der Waals surface area contributed by atoms with Gasteiger partial charge in [-0.3, -0.25) is 4.79 Å². The van der Waals surface area contributed by atoms with E-state index in [2.05, 4.69) is 5.32 Å². The van der Waals surface area contributed by atoms with Crippen LogP contribution in [0.1, 0.15) is 12.5 Å². The molecule has 0 saturated heterocycles. The molecule has 1 unspecified atom stereocenters. The van der Waals surface area contributed by atoms with Crippen LogP contribution in [0.5, 0.6) is 5.75 Å². The van der Waals surface area contributed by atoms with Crippen molar-refractivity contribution in [1.82, 2.24) is 5.32 Å². The van der Waals surface area contributed by atoms with Crippen molar-refractivity contribution < 1.29 is 19.0 Å². The number of halogens is 1. The third-order valence-corrected chi connectivity index (χ3v) is 2.42. The summed E-state index contributed by atoms with van der Waals surface area (Å²) < 4.78 is 18.1. The lowest BCUT2D eigenvalue weighted by molar-refractivity contribution is -0.140. The Morgan fingerprint density at radius 1 is 1.59 bits per heavy atom. The molecule has 5 heteroatoms. The lowest BCUT2D eigenvalue weighted by atomic mass is 10.1. The zero-order chi connectivity index (χ0) is 12.8. The fraction of sp³-hybridized carbons (Fsp3) is 0.417. The number of hydrogen-bond donors (Lipinski definition) is 2. The summed E-state index contributed by atoms with van der Waals surface area (Å²) in [5.74, 6) is -1.53. The van der Waals surface area contributed by atoms with Gasteiger partial charge >= 0.3 is 5.97 Å². The van der Waals surface area contributed by atoms with Gasteiger partial charge in [0.05, 0.1) is 13.0 Å². The van der Waals surface area contributed by atoms with Crippen molar-refractivity contribution in [3.63, 3.8) is 0 Å². The molecule has 0 amide bonds. The quantitative estimate of drug-likeness (QED) is 0.795. The number of methoxy groups -OCH3 is 1. The van der Waals surface area contributed by atoms with Crippen LogP contribution in [-0.4, -0.2) is 24.7 Å². The monoisotopic (exact) mass is 241 g/mol. The van der Waals surface area contributed by atoms with Crippen LogP contribution >= 0.6 is 0 Å². The van der Waals surface area contributed by atoms with Gasteiger partial charge in [0.2, 0.25) is 0 Å². The number of nitrogens with one attached hydrogen (secondary N) is 1. The zero-order valence-corrected chi connectivity index (χ0v) is 9.87. The molecule has 1 rings (SSSR count). The predicted octanol–water partition coefficient (Wildman–Crippen LogP) is 1.64. The van der Waals surface area contributed by atoms with E-state index in [0.29, 0.717) is 13.1 Å². The molecule has 0 aromatic heterocycles. The molecule has 1 aromatic carbocycles. The van der Waals surface area contributed by atoms with Crippen LogP contribution in [0, 0.1) is 11.7 Å². The molecule has 1 aromatic rings. The van der Waals surface area contributed by atoms with Crippen LogP contribution < -0.4 is 10.1 Å². The summed E-state index contributed by atoms with van der Waals surface area (Å²) in [6.45, 7) is 2.39. The van der Waals surface area contributed by atoms with E-state index in [9.17, 15) is 9.18 Å². The molecule has 0 aliphatic rings. The number of carbonyl (C=O) groups is 1. The van der Waals surface area contributed by atoms with Gasteiger partial charge in [0.15, 0.2) is 11.6 Å². The Morgan fingerprint density at radius 3 is 2.82 bits per heavy atom. The number of carboxylic acid groups (broad SMARTS) is 1. The van der Waals surface area contributed by atoms with Gasteiger partial charge < -0.3 is 15.2 Å². The van der Waals surface area contributed by atoms with Crippen molar-refractivity contribution in [1.29, 1.82) is 0 Å². The highest BCUT2D eigenvalue weighted by Crippen LogP contribution is 2.17. The van der Waals surface area contributed by atoms with Crippen molar-refractivity contribution in [2.45, 2.75) is 13.5 Å². The van der Waals surface area contributed by atoms with Gasteiger partial charge in [-0.25, -0.2) is 4.39 Å². The fourth-order valence-corrected chi connectivity index (χ4v) is 1.34. The van der Waals surface area contributed by atoms with Crippen LogP contribution in [-0.2, 0) is 11.3 Å². The van der Waals surface area contributed by atoms with Crippen LogP contribution in [0.3, 0.4) is 0 Å². The molecule has 0 saturated carbocycles. The Morgan fingerprint density at radius 2 is 2.29 bits per heavy atom. The van der Waals surface area contributed by atoms with E-state index in [1.54, 1.807) is 19.1 Å². The van der Waals surface area contributed by atoms with Crippen molar-refractivity contribution in [3.05, 3.63) is 29.6 Å². The number of aliphatic carboxylic acids is 1. The van der Waals surface area contributed by atoms with Crippen molar-refractivity contribution in [2.24, 2.45) is 5.92 Å². The Hall–Kier alpha value is -1.62. The zero-order valence-electron chi connectivity index (χ0n) is 9.87. The third kappa shape index (κ3) is 4.03. The maximum absolute atomic E-state index is 13.3. The van der Waals surface area contributed by atoms with Crippen LogP contribution in [0.2, 0.25) is 0 Å². The molecular formula is C12H16FNO3. The van der Waals surface area contributed by atoms with Crippen LogP contribution in [0.25, 0.3) is 0 Å². The van der Waals surface area contributed by atoms with Gasteiger partial charge in [0, 0.05) is 13.1 Å². The lowest BCUT2D eigenvalue weighted by Crippen LogP contribution is -2.25. The number of benzene rings is 1. The molecule has 0 bridgehead atoms. The Labute approximate surface area is 99.4 Å². The lowest BCUT2D eigenvalue weighted by Gasteiger charge is -2.09.